The van der Waals surface area contributed by atoms with Gasteiger partial charge in [0, 0.05) is 24.1 Å². The van der Waals surface area contributed by atoms with Gasteiger partial charge in [-0.05, 0) is 24.6 Å². The Morgan fingerprint density at radius 2 is 2.06 bits per heavy atom. The van der Waals surface area contributed by atoms with Crippen molar-refractivity contribution in [1.82, 2.24) is 4.90 Å². The van der Waals surface area contributed by atoms with E-state index in [4.69, 9.17) is 4.74 Å². The first-order valence-corrected chi connectivity index (χ1v) is 6.61. The molecule has 92 valence electrons. The van der Waals surface area contributed by atoms with E-state index in [-0.39, 0.29) is 11.9 Å². The zero-order valence-corrected chi connectivity index (χ0v) is 11.4. The molecule has 17 heavy (non-hydrogen) atoms. The number of hydrogen-bond donors (Lipinski definition) is 0. The van der Waals surface area contributed by atoms with Crippen LogP contribution >= 0.6 is 15.9 Å². The fourth-order valence-electron chi connectivity index (χ4n) is 1.96. The maximum atomic E-state index is 11.4. The summed E-state index contributed by atoms with van der Waals surface area (Å²) >= 11 is 3.41. The van der Waals surface area contributed by atoms with Crippen molar-refractivity contribution in [1.29, 1.82) is 0 Å². The van der Waals surface area contributed by atoms with Gasteiger partial charge in [-0.3, -0.25) is 9.69 Å². The van der Waals surface area contributed by atoms with Gasteiger partial charge in [-0.1, -0.05) is 28.1 Å². The number of benzene rings is 1. The molecule has 0 aliphatic carbocycles. The van der Waals surface area contributed by atoms with E-state index < -0.39 is 0 Å². The molecule has 1 saturated heterocycles. The average Bonchev–Trinajstić information content (AvgIpc) is 2.25. The molecule has 2 rings (SSSR count). The minimum absolute atomic E-state index is 0.0560. The van der Waals surface area contributed by atoms with Crippen LogP contribution in [-0.2, 0) is 16.1 Å². The first-order valence-electron chi connectivity index (χ1n) is 5.82. The zero-order valence-electron chi connectivity index (χ0n) is 9.86. The molecule has 0 radical (unpaired) electrons. The molecule has 0 aromatic heterocycles. The predicted octanol–water partition coefficient (Wildman–Crippen LogP) is 2.44. The Kier molecular flexibility index (Phi) is 4.18. The molecule has 1 aliphatic rings. The summed E-state index contributed by atoms with van der Waals surface area (Å²) in [5.74, 6) is 0.0185. The first kappa shape index (κ1) is 12.6. The van der Waals surface area contributed by atoms with E-state index in [1.54, 1.807) is 0 Å². The van der Waals surface area contributed by atoms with Crippen LogP contribution in [-0.4, -0.2) is 30.6 Å². The van der Waals surface area contributed by atoms with Crippen LogP contribution in [0.2, 0.25) is 0 Å². The van der Waals surface area contributed by atoms with Gasteiger partial charge < -0.3 is 4.74 Å². The molecule has 0 unspecified atom stereocenters. The van der Waals surface area contributed by atoms with Gasteiger partial charge >= 0.3 is 5.97 Å². The summed E-state index contributed by atoms with van der Waals surface area (Å²) in [7, 11) is 0. The van der Waals surface area contributed by atoms with Crippen molar-refractivity contribution < 1.29 is 9.53 Å². The third-order valence-electron chi connectivity index (χ3n) is 2.90. The first-order chi connectivity index (χ1) is 8.19. The van der Waals surface area contributed by atoms with Crippen molar-refractivity contribution in [3.8, 4) is 0 Å². The lowest BCUT2D eigenvalue weighted by Gasteiger charge is -2.37. The molecule has 3 nitrogen and oxygen atoms in total. The number of ether oxygens (including phenoxy) is 1. The minimum atomic E-state index is -0.0560. The molecule has 0 N–H and O–H groups in total. The fourth-order valence-corrected chi connectivity index (χ4v) is 2.22. The van der Waals surface area contributed by atoms with Gasteiger partial charge in [0.2, 0.25) is 0 Å². The Labute approximate surface area is 110 Å². The fraction of sp³-hybridized carbons (Fsp3) is 0.462. The number of likely N-dealkylation sites (tertiary alicyclic amines) is 1. The Morgan fingerprint density at radius 1 is 1.41 bits per heavy atom. The quantitative estimate of drug-likeness (QED) is 0.800. The van der Waals surface area contributed by atoms with E-state index in [9.17, 15) is 4.79 Å². The van der Waals surface area contributed by atoms with Crippen LogP contribution in [0.1, 0.15) is 12.5 Å². The monoisotopic (exact) mass is 297 g/mol. The molecule has 0 bridgehead atoms. The zero-order chi connectivity index (χ0) is 12.3. The van der Waals surface area contributed by atoms with Crippen LogP contribution in [0.25, 0.3) is 0 Å². The lowest BCUT2D eigenvalue weighted by atomic mass is 9.99. The highest BCUT2D eigenvalue weighted by Crippen LogP contribution is 2.20. The highest BCUT2D eigenvalue weighted by atomic mass is 79.9. The number of hydrogen-bond acceptors (Lipinski definition) is 3. The second-order valence-electron chi connectivity index (χ2n) is 4.27. The number of carbonyl (C=O) groups excluding carboxylic acids is 1. The van der Waals surface area contributed by atoms with Gasteiger partial charge in [0.05, 0.1) is 12.5 Å². The molecule has 0 saturated carbocycles. The van der Waals surface area contributed by atoms with Crippen LogP contribution in [0, 0.1) is 5.92 Å². The Bertz CT molecular complexity index is 385. The highest BCUT2D eigenvalue weighted by Gasteiger charge is 2.33. The van der Waals surface area contributed by atoms with E-state index in [2.05, 4.69) is 33.0 Å². The molecule has 1 aromatic carbocycles. The summed E-state index contributed by atoms with van der Waals surface area (Å²) in [4.78, 5) is 13.7. The maximum Gasteiger partial charge on any atom is 0.311 e. The van der Waals surface area contributed by atoms with Crippen LogP contribution in [0.15, 0.2) is 28.7 Å². The van der Waals surface area contributed by atoms with Gasteiger partial charge in [0.1, 0.15) is 0 Å². The molecular formula is C13H16BrNO2. The Morgan fingerprint density at radius 3 is 2.65 bits per heavy atom. The molecule has 0 spiro atoms. The van der Waals surface area contributed by atoms with Crippen molar-refractivity contribution in [2.45, 2.75) is 13.5 Å². The lowest BCUT2D eigenvalue weighted by Crippen LogP contribution is -2.50. The van der Waals surface area contributed by atoms with Crippen molar-refractivity contribution in [3.63, 3.8) is 0 Å². The standard InChI is InChI=1S/C13H16BrNO2/c1-2-17-13(16)11-8-15(9-11)7-10-3-5-12(14)6-4-10/h3-6,11H,2,7-9H2,1H3. The third kappa shape index (κ3) is 3.30. The van der Waals surface area contributed by atoms with Crippen LogP contribution in [0.3, 0.4) is 0 Å². The predicted molar refractivity (Wildman–Crippen MR) is 69.5 cm³/mol. The average molecular weight is 298 g/mol. The molecule has 4 heteroatoms. The van der Waals surface area contributed by atoms with Gasteiger partial charge in [0.15, 0.2) is 0 Å². The minimum Gasteiger partial charge on any atom is -0.466 e. The molecule has 1 fully saturated rings. The summed E-state index contributed by atoms with van der Waals surface area (Å²) in [5, 5.41) is 0. The third-order valence-corrected chi connectivity index (χ3v) is 3.43. The normalized spacial score (nSPS) is 16.6. The van der Waals surface area contributed by atoms with E-state index >= 15 is 0 Å². The number of rotatable bonds is 4. The molecule has 0 amide bonds. The van der Waals surface area contributed by atoms with Crippen LogP contribution < -0.4 is 0 Å². The van der Waals surface area contributed by atoms with Crippen molar-refractivity contribution in [2.24, 2.45) is 5.92 Å². The van der Waals surface area contributed by atoms with Gasteiger partial charge in [-0.25, -0.2) is 0 Å². The molecule has 1 aliphatic heterocycles. The van der Waals surface area contributed by atoms with Crippen LogP contribution in [0.4, 0.5) is 0 Å². The lowest BCUT2D eigenvalue weighted by molar-refractivity contribution is -0.154. The summed E-state index contributed by atoms with van der Waals surface area (Å²) in [6.07, 6.45) is 0. The second-order valence-corrected chi connectivity index (χ2v) is 5.19. The Hall–Kier alpha value is -0.870. The number of nitrogens with zero attached hydrogens (tertiary/aromatic N) is 1. The van der Waals surface area contributed by atoms with Gasteiger partial charge in [-0.2, -0.15) is 0 Å². The topological polar surface area (TPSA) is 29.5 Å². The Balaban J connectivity index is 1.77. The van der Waals surface area contributed by atoms with E-state index in [0.717, 1.165) is 24.1 Å². The summed E-state index contributed by atoms with van der Waals surface area (Å²) in [6, 6.07) is 8.28. The highest BCUT2D eigenvalue weighted by molar-refractivity contribution is 9.10. The second kappa shape index (κ2) is 5.65. The molecular weight excluding hydrogens is 282 g/mol. The van der Waals surface area contributed by atoms with E-state index in [1.165, 1.54) is 5.56 Å². The van der Waals surface area contributed by atoms with E-state index in [0.29, 0.717) is 6.61 Å². The van der Waals surface area contributed by atoms with Gasteiger partial charge in [0.25, 0.3) is 0 Å². The van der Waals surface area contributed by atoms with Crippen LogP contribution in [0.5, 0.6) is 0 Å². The molecule has 0 atom stereocenters. The largest absolute Gasteiger partial charge is 0.466 e. The number of halogens is 1. The summed E-state index contributed by atoms with van der Waals surface area (Å²) in [6.45, 7) is 4.85. The van der Waals surface area contributed by atoms with Crippen molar-refractivity contribution >= 4 is 21.9 Å². The van der Waals surface area contributed by atoms with E-state index in [1.807, 2.05) is 19.1 Å². The van der Waals surface area contributed by atoms with Gasteiger partial charge in [-0.15, -0.1) is 0 Å². The van der Waals surface area contributed by atoms with Crippen molar-refractivity contribution in [2.75, 3.05) is 19.7 Å². The molecule has 1 aromatic rings. The number of esters is 1. The SMILES string of the molecule is CCOC(=O)C1CN(Cc2ccc(Br)cc2)C1. The number of carbonyl (C=O) groups is 1. The summed E-state index contributed by atoms with van der Waals surface area (Å²) < 4.78 is 6.08. The van der Waals surface area contributed by atoms with Crippen molar-refractivity contribution in [3.05, 3.63) is 34.3 Å². The maximum absolute atomic E-state index is 11.4. The smallest absolute Gasteiger partial charge is 0.311 e. The summed E-state index contributed by atoms with van der Waals surface area (Å²) in [5.41, 5.74) is 1.27. The molecule has 1 heterocycles.